The molecule has 0 fully saturated rings. The fraction of sp³-hybridized carbons (Fsp3) is 0.115. The number of aromatic nitrogens is 2. The first-order valence-corrected chi connectivity index (χ1v) is 10.4. The minimum Gasteiger partial charge on any atom is -0.497 e. The molecule has 0 aliphatic heterocycles. The van der Waals surface area contributed by atoms with Crippen LogP contribution in [-0.2, 0) is 0 Å². The summed E-state index contributed by atoms with van der Waals surface area (Å²) in [7, 11) is 3.12. The van der Waals surface area contributed by atoms with Gasteiger partial charge in [-0.05, 0) is 37.3 Å². The molecule has 1 aromatic heterocycles. The molecule has 7 nitrogen and oxygen atoms in total. The Hall–Kier alpha value is -4.39. The summed E-state index contributed by atoms with van der Waals surface area (Å²) in [6.07, 6.45) is 1.52. The number of ether oxygens (including phenoxy) is 2. The zero-order valence-corrected chi connectivity index (χ0v) is 18.6. The number of rotatable bonds is 7. The Labute approximate surface area is 192 Å². The molecule has 2 N–H and O–H groups in total. The van der Waals surface area contributed by atoms with Gasteiger partial charge >= 0.3 is 0 Å². The van der Waals surface area contributed by atoms with Gasteiger partial charge in [0.1, 0.15) is 23.6 Å². The van der Waals surface area contributed by atoms with Crippen molar-refractivity contribution in [1.82, 2.24) is 9.97 Å². The molecule has 166 valence electrons. The lowest BCUT2D eigenvalue weighted by Crippen LogP contribution is -2.13. The van der Waals surface area contributed by atoms with Gasteiger partial charge in [-0.3, -0.25) is 4.79 Å². The molecule has 0 saturated carbocycles. The highest BCUT2D eigenvalue weighted by Gasteiger charge is 2.12. The van der Waals surface area contributed by atoms with Crippen LogP contribution in [0.3, 0.4) is 0 Å². The molecule has 1 heterocycles. The number of nitrogens with one attached hydrogen (secondary N) is 2. The second-order valence-electron chi connectivity index (χ2n) is 7.38. The lowest BCUT2D eigenvalue weighted by molar-refractivity contribution is 0.102. The Kier molecular flexibility index (Phi) is 6.50. The normalized spacial score (nSPS) is 10.4. The monoisotopic (exact) mass is 440 g/mol. The molecule has 0 atom stereocenters. The summed E-state index contributed by atoms with van der Waals surface area (Å²) in [5.74, 6) is 1.53. The molecule has 0 aliphatic rings. The molecule has 1 amide bonds. The van der Waals surface area contributed by atoms with Crippen LogP contribution in [0.4, 0.5) is 17.2 Å². The molecule has 0 radical (unpaired) electrons. The quantitative estimate of drug-likeness (QED) is 0.397. The van der Waals surface area contributed by atoms with E-state index >= 15 is 0 Å². The zero-order chi connectivity index (χ0) is 23.2. The number of nitrogens with zero attached hydrogens (tertiary/aromatic N) is 2. The van der Waals surface area contributed by atoms with Crippen LogP contribution in [0, 0.1) is 6.92 Å². The highest BCUT2D eigenvalue weighted by Crippen LogP contribution is 2.29. The minimum absolute atomic E-state index is 0.259. The molecule has 4 rings (SSSR count). The second kappa shape index (κ2) is 9.82. The van der Waals surface area contributed by atoms with Gasteiger partial charge in [0.2, 0.25) is 0 Å². The molecule has 4 aromatic rings. The van der Waals surface area contributed by atoms with Gasteiger partial charge in [-0.15, -0.1) is 0 Å². The number of carbonyl (C=O) groups excluding carboxylic acids is 1. The Morgan fingerprint density at radius 2 is 1.70 bits per heavy atom. The number of amides is 1. The Balaban J connectivity index is 1.51. The third kappa shape index (κ3) is 5.27. The summed E-state index contributed by atoms with van der Waals surface area (Å²) < 4.78 is 10.6. The van der Waals surface area contributed by atoms with Gasteiger partial charge in [-0.1, -0.05) is 35.9 Å². The van der Waals surface area contributed by atoms with Crippen molar-refractivity contribution < 1.29 is 14.3 Å². The average Bonchev–Trinajstić information content (AvgIpc) is 2.85. The lowest BCUT2D eigenvalue weighted by Gasteiger charge is -2.12. The van der Waals surface area contributed by atoms with Crippen molar-refractivity contribution in [2.75, 3.05) is 24.9 Å². The van der Waals surface area contributed by atoms with Gasteiger partial charge in [0.25, 0.3) is 5.91 Å². The van der Waals surface area contributed by atoms with E-state index in [2.05, 4.69) is 20.6 Å². The second-order valence-corrected chi connectivity index (χ2v) is 7.38. The fourth-order valence-corrected chi connectivity index (χ4v) is 3.29. The Morgan fingerprint density at radius 3 is 2.45 bits per heavy atom. The molecule has 0 bridgehead atoms. The maximum Gasteiger partial charge on any atom is 0.255 e. The standard InChI is InChI=1S/C26H24N4O3/c1-17-7-9-18(10-8-17)23-15-25(28-16-27-23)29-20-6-4-5-19(13-20)26(31)30-22-12-11-21(32-2)14-24(22)33-3/h4-16H,1-3H3,(H,30,31)(H,27,28,29). The maximum atomic E-state index is 12.9. The van der Waals surface area contributed by atoms with E-state index in [1.807, 2.05) is 49.4 Å². The smallest absolute Gasteiger partial charge is 0.255 e. The summed E-state index contributed by atoms with van der Waals surface area (Å²) in [4.78, 5) is 21.5. The molecule has 7 heteroatoms. The average molecular weight is 441 g/mol. The zero-order valence-electron chi connectivity index (χ0n) is 18.6. The number of hydrogen-bond donors (Lipinski definition) is 2. The summed E-state index contributed by atoms with van der Waals surface area (Å²) in [6, 6.07) is 22.4. The number of hydrogen-bond acceptors (Lipinski definition) is 6. The van der Waals surface area contributed by atoms with E-state index in [-0.39, 0.29) is 5.91 Å². The highest BCUT2D eigenvalue weighted by molar-refractivity contribution is 6.05. The summed E-state index contributed by atoms with van der Waals surface area (Å²) in [5.41, 5.74) is 4.79. The topological polar surface area (TPSA) is 85.4 Å². The predicted octanol–water partition coefficient (Wildman–Crippen LogP) is 5.47. The SMILES string of the molecule is COc1ccc(NC(=O)c2cccc(Nc3cc(-c4ccc(C)cc4)ncn3)c2)c(OC)c1. The van der Waals surface area contributed by atoms with Crippen LogP contribution in [0.5, 0.6) is 11.5 Å². The van der Waals surface area contributed by atoms with Crippen molar-refractivity contribution in [2.24, 2.45) is 0 Å². The van der Waals surface area contributed by atoms with Gasteiger partial charge < -0.3 is 20.1 Å². The molecular weight excluding hydrogens is 416 g/mol. The van der Waals surface area contributed by atoms with E-state index in [0.29, 0.717) is 28.6 Å². The molecule has 0 spiro atoms. The van der Waals surface area contributed by atoms with Gasteiger partial charge in [0, 0.05) is 28.9 Å². The van der Waals surface area contributed by atoms with E-state index in [4.69, 9.17) is 9.47 Å². The van der Waals surface area contributed by atoms with E-state index in [9.17, 15) is 4.79 Å². The molecule has 33 heavy (non-hydrogen) atoms. The first-order chi connectivity index (χ1) is 16.1. The van der Waals surface area contributed by atoms with Crippen LogP contribution in [0.15, 0.2) is 79.1 Å². The number of aryl methyl sites for hydroxylation is 1. The molecule has 3 aromatic carbocycles. The fourth-order valence-electron chi connectivity index (χ4n) is 3.29. The largest absolute Gasteiger partial charge is 0.497 e. The minimum atomic E-state index is -0.259. The van der Waals surface area contributed by atoms with Crippen molar-refractivity contribution in [1.29, 1.82) is 0 Å². The molecule has 0 unspecified atom stereocenters. The maximum absolute atomic E-state index is 12.9. The highest BCUT2D eigenvalue weighted by atomic mass is 16.5. The number of benzene rings is 3. The first-order valence-electron chi connectivity index (χ1n) is 10.4. The van der Waals surface area contributed by atoms with Gasteiger partial charge in [-0.2, -0.15) is 0 Å². The molecule has 0 aliphatic carbocycles. The third-order valence-electron chi connectivity index (χ3n) is 5.07. The van der Waals surface area contributed by atoms with Crippen LogP contribution in [0.1, 0.15) is 15.9 Å². The van der Waals surface area contributed by atoms with E-state index < -0.39 is 0 Å². The molecular formula is C26H24N4O3. The van der Waals surface area contributed by atoms with Crippen molar-refractivity contribution in [3.8, 4) is 22.8 Å². The number of anilines is 3. The summed E-state index contributed by atoms with van der Waals surface area (Å²) >= 11 is 0. The van der Waals surface area contributed by atoms with Crippen LogP contribution in [0.25, 0.3) is 11.3 Å². The van der Waals surface area contributed by atoms with Crippen molar-refractivity contribution >= 4 is 23.1 Å². The Morgan fingerprint density at radius 1 is 0.879 bits per heavy atom. The third-order valence-corrected chi connectivity index (χ3v) is 5.07. The molecule has 0 saturated heterocycles. The van der Waals surface area contributed by atoms with Crippen molar-refractivity contribution in [2.45, 2.75) is 6.92 Å². The van der Waals surface area contributed by atoms with Crippen molar-refractivity contribution in [3.63, 3.8) is 0 Å². The van der Waals surface area contributed by atoms with Crippen LogP contribution in [0.2, 0.25) is 0 Å². The summed E-state index contributed by atoms with van der Waals surface area (Å²) in [6.45, 7) is 2.05. The number of methoxy groups -OCH3 is 2. The van der Waals surface area contributed by atoms with Crippen LogP contribution in [-0.4, -0.2) is 30.1 Å². The van der Waals surface area contributed by atoms with Crippen LogP contribution >= 0.6 is 0 Å². The summed E-state index contributed by atoms with van der Waals surface area (Å²) in [5, 5.41) is 6.13. The lowest BCUT2D eigenvalue weighted by atomic mass is 10.1. The Bertz CT molecular complexity index is 1270. The van der Waals surface area contributed by atoms with Gasteiger partial charge in [0.05, 0.1) is 25.6 Å². The first kappa shape index (κ1) is 21.8. The van der Waals surface area contributed by atoms with E-state index in [1.54, 1.807) is 44.6 Å². The van der Waals surface area contributed by atoms with Crippen molar-refractivity contribution in [3.05, 3.63) is 90.3 Å². The van der Waals surface area contributed by atoms with E-state index in [0.717, 1.165) is 16.9 Å². The van der Waals surface area contributed by atoms with Gasteiger partial charge in [-0.25, -0.2) is 9.97 Å². The predicted molar refractivity (Wildman–Crippen MR) is 129 cm³/mol. The van der Waals surface area contributed by atoms with Gasteiger partial charge in [0.15, 0.2) is 0 Å². The number of carbonyl (C=O) groups is 1. The van der Waals surface area contributed by atoms with E-state index in [1.165, 1.54) is 11.9 Å². The van der Waals surface area contributed by atoms with Crippen LogP contribution < -0.4 is 20.1 Å².